The van der Waals surface area contributed by atoms with Crippen LogP contribution >= 0.6 is 0 Å². The number of anilines is 2. The zero-order valence-electron chi connectivity index (χ0n) is 19.7. The number of carbonyl (C=O) groups excluding carboxylic acids is 2. The Hall–Kier alpha value is -2.71. The van der Waals surface area contributed by atoms with Gasteiger partial charge in [-0.05, 0) is 81.3 Å². The summed E-state index contributed by atoms with van der Waals surface area (Å²) in [5.74, 6) is -0.274. The predicted octanol–water partition coefficient (Wildman–Crippen LogP) is 3.72. The molecule has 8 heteroatoms. The third-order valence-corrected chi connectivity index (χ3v) is 9.09. The molecule has 1 N–H and O–H groups in total. The number of carbonyl (C=O) groups is 2. The lowest BCUT2D eigenvalue weighted by atomic mass is 9.98. The molecule has 34 heavy (non-hydrogen) atoms. The number of rotatable bonds is 5. The summed E-state index contributed by atoms with van der Waals surface area (Å²) in [4.78, 5) is 27.7. The molecule has 3 aliphatic rings. The highest BCUT2D eigenvalue weighted by molar-refractivity contribution is 7.89. The molecule has 1 saturated carbocycles. The highest BCUT2D eigenvalue weighted by Gasteiger charge is 2.40. The fourth-order valence-corrected chi connectivity index (χ4v) is 6.68. The standard InChI is InChI=1S/C26H31N3O4S/c1-17-6-3-4-8-23(17)27-25(30)20-7-5-13-28(16-20)34(32,33)22-11-12-24-21(15-22)14-18(2)29(24)26(31)19-9-10-19/h3-4,6,8,11-12,15,18-20H,5,7,9-10,13-14,16H2,1-2H3,(H,27,30)/t18-,20-/m1/s1. The molecule has 2 amide bonds. The van der Waals surface area contributed by atoms with E-state index in [9.17, 15) is 18.0 Å². The van der Waals surface area contributed by atoms with Gasteiger partial charge in [-0.2, -0.15) is 4.31 Å². The number of nitrogens with one attached hydrogen (secondary N) is 1. The number of piperidine rings is 1. The lowest BCUT2D eigenvalue weighted by Crippen LogP contribution is -2.43. The minimum absolute atomic E-state index is 0.0329. The number of amides is 2. The van der Waals surface area contributed by atoms with Gasteiger partial charge < -0.3 is 10.2 Å². The molecule has 2 heterocycles. The number of benzene rings is 2. The van der Waals surface area contributed by atoms with Crippen LogP contribution in [-0.2, 0) is 26.0 Å². The summed E-state index contributed by atoms with van der Waals surface area (Å²) < 4.78 is 28.4. The maximum Gasteiger partial charge on any atom is 0.243 e. The first-order valence-electron chi connectivity index (χ1n) is 12.1. The van der Waals surface area contributed by atoms with Crippen molar-refractivity contribution in [3.8, 4) is 0 Å². The predicted molar refractivity (Wildman–Crippen MR) is 131 cm³/mol. The number of para-hydroxylation sites is 1. The molecule has 5 rings (SSSR count). The Morgan fingerprint density at radius 1 is 1.03 bits per heavy atom. The van der Waals surface area contributed by atoms with E-state index in [1.807, 2.05) is 43.0 Å². The van der Waals surface area contributed by atoms with Crippen LogP contribution in [0.4, 0.5) is 11.4 Å². The van der Waals surface area contributed by atoms with Crippen molar-refractivity contribution in [2.24, 2.45) is 11.8 Å². The Balaban J connectivity index is 1.33. The average Bonchev–Trinajstić information content (AvgIpc) is 3.62. The number of nitrogens with zero attached hydrogens (tertiary/aromatic N) is 2. The molecular weight excluding hydrogens is 450 g/mol. The van der Waals surface area contributed by atoms with Crippen molar-refractivity contribution in [1.29, 1.82) is 0 Å². The molecule has 1 aliphatic carbocycles. The molecule has 0 unspecified atom stereocenters. The van der Waals surface area contributed by atoms with Crippen LogP contribution in [-0.4, -0.2) is 43.7 Å². The first kappa shape index (κ1) is 23.1. The van der Waals surface area contributed by atoms with E-state index in [0.717, 1.165) is 35.3 Å². The smallest absolute Gasteiger partial charge is 0.243 e. The Labute approximate surface area is 201 Å². The lowest BCUT2D eigenvalue weighted by Gasteiger charge is -2.31. The zero-order chi connectivity index (χ0) is 24.0. The van der Waals surface area contributed by atoms with Crippen LogP contribution in [0.25, 0.3) is 0 Å². The van der Waals surface area contributed by atoms with Gasteiger partial charge in [0, 0.05) is 36.4 Å². The minimum atomic E-state index is -3.74. The molecular formula is C26H31N3O4S. The van der Waals surface area contributed by atoms with Crippen molar-refractivity contribution in [3.63, 3.8) is 0 Å². The van der Waals surface area contributed by atoms with Crippen LogP contribution in [0.5, 0.6) is 0 Å². The Kier molecular flexibility index (Phi) is 5.98. The van der Waals surface area contributed by atoms with Crippen molar-refractivity contribution in [1.82, 2.24) is 4.31 Å². The number of hydrogen-bond acceptors (Lipinski definition) is 4. The molecule has 0 bridgehead atoms. The molecule has 2 fully saturated rings. The SMILES string of the molecule is Cc1ccccc1NC(=O)[C@@H]1CCCN(S(=O)(=O)c2ccc3c(c2)C[C@@H](C)N3C(=O)C2CC2)C1. The van der Waals surface area contributed by atoms with E-state index in [2.05, 4.69) is 5.32 Å². The summed E-state index contributed by atoms with van der Waals surface area (Å²) >= 11 is 0. The number of hydrogen-bond donors (Lipinski definition) is 1. The van der Waals surface area contributed by atoms with Crippen LogP contribution in [0.15, 0.2) is 47.4 Å². The Morgan fingerprint density at radius 2 is 1.79 bits per heavy atom. The van der Waals surface area contributed by atoms with E-state index in [1.54, 1.807) is 18.2 Å². The second-order valence-electron chi connectivity index (χ2n) is 9.83. The van der Waals surface area contributed by atoms with Gasteiger partial charge in [0.15, 0.2) is 0 Å². The summed E-state index contributed by atoms with van der Waals surface area (Å²) in [7, 11) is -3.74. The summed E-state index contributed by atoms with van der Waals surface area (Å²) in [6, 6.07) is 12.7. The third kappa shape index (κ3) is 4.25. The zero-order valence-corrected chi connectivity index (χ0v) is 20.5. The van der Waals surface area contributed by atoms with E-state index in [4.69, 9.17) is 0 Å². The Bertz CT molecular complexity index is 1240. The summed E-state index contributed by atoms with van der Waals surface area (Å²) in [5.41, 5.74) is 3.45. The monoisotopic (exact) mass is 481 g/mol. The average molecular weight is 482 g/mol. The molecule has 0 spiro atoms. The normalized spacial score (nSPS) is 22.9. The summed E-state index contributed by atoms with van der Waals surface area (Å²) in [6.07, 6.45) is 3.83. The van der Waals surface area contributed by atoms with Gasteiger partial charge in [0.1, 0.15) is 0 Å². The summed E-state index contributed by atoms with van der Waals surface area (Å²) in [6.45, 7) is 4.51. The first-order chi connectivity index (χ1) is 16.3. The van der Waals surface area contributed by atoms with Crippen molar-refractivity contribution in [2.75, 3.05) is 23.3 Å². The van der Waals surface area contributed by atoms with Gasteiger partial charge in [-0.15, -0.1) is 0 Å². The minimum Gasteiger partial charge on any atom is -0.326 e. The van der Waals surface area contributed by atoms with E-state index >= 15 is 0 Å². The topological polar surface area (TPSA) is 86.8 Å². The molecule has 2 atom stereocenters. The van der Waals surface area contributed by atoms with Gasteiger partial charge in [0.2, 0.25) is 21.8 Å². The van der Waals surface area contributed by atoms with Crippen LogP contribution in [0.3, 0.4) is 0 Å². The van der Waals surface area contributed by atoms with Gasteiger partial charge in [0.05, 0.1) is 10.8 Å². The van der Waals surface area contributed by atoms with Crippen LogP contribution < -0.4 is 10.2 Å². The quantitative estimate of drug-likeness (QED) is 0.705. The largest absolute Gasteiger partial charge is 0.326 e. The molecule has 2 aliphatic heterocycles. The van der Waals surface area contributed by atoms with Crippen molar-refractivity contribution in [3.05, 3.63) is 53.6 Å². The highest BCUT2D eigenvalue weighted by Crippen LogP contribution is 2.40. The number of fused-ring (bicyclic) bond motifs is 1. The molecule has 1 saturated heterocycles. The second kappa shape index (κ2) is 8.82. The maximum absolute atomic E-state index is 13.5. The summed E-state index contributed by atoms with van der Waals surface area (Å²) in [5, 5.41) is 2.96. The third-order valence-electron chi connectivity index (χ3n) is 7.23. The van der Waals surface area contributed by atoms with Crippen LogP contribution in [0, 0.1) is 18.8 Å². The molecule has 2 aromatic rings. The molecule has 7 nitrogen and oxygen atoms in total. The van der Waals surface area contributed by atoms with E-state index < -0.39 is 15.9 Å². The van der Waals surface area contributed by atoms with Gasteiger partial charge >= 0.3 is 0 Å². The number of sulfonamides is 1. The Morgan fingerprint density at radius 3 is 2.53 bits per heavy atom. The van der Waals surface area contributed by atoms with Crippen LogP contribution in [0.2, 0.25) is 0 Å². The molecule has 0 radical (unpaired) electrons. The van der Waals surface area contributed by atoms with Gasteiger partial charge in [0.25, 0.3) is 0 Å². The first-order valence-corrected chi connectivity index (χ1v) is 13.5. The van der Waals surface area contributed by atoms with Crippen molar-refractivity contribution in [2.45, 2.75) is 56.9 Å². The number of aryl methyl sites for hydroxylation is 1. The van der Waals surface area contributed by atoms with E-state index in [1.165, 1.54) is 4.31 Å². The van der Waals surface area contributed by atoms with Crippen LogP contribution in [0.1, 0.15) is 43.7 Å². The molecule has 0 aromatic heterocycles. The van der Waals surface area contributed by atoms with Crippen molar-refractivity contribution < 1.29 is 18.0 Å². The second-order valence-corrected chi connectivity index (χ2v) is 11.8. The van der Waals surface area contributed by atoms with E-state index in [0.29, 0.717) is 25.8 Å². The molecule has 180 valence electrons. The fourth-order valence-electron chi connectivity index (χ4n) is 5.10. The lowest BCUT2D eigenvalue weighted by molar-refractivity contribution is -0.121. The van der Waals surface area contributed by atoms with Gasteiger partial charge in [-0.1, -0.05) is 18.2 Å². The van der Waals surface area contributed by atoms with Gasteiger partial charge in [-0.25, -0.2) is 8.42 Å². The maximum atomic E-state index is 13.5. The highest BCUT2D eigenvalue weighted by atomic mass is 32.2. The van der Waals surface area contributed by atoms with Gasteiger partial charge in [-0.3, -0.25) is 9.59 Å². The fraction of sp³-hybridized carbons (Fsp3) is 0.462. The van der Waals surface area contributed by atoms with E-state index in [-0.39, 0.29) is 35.2 Å². The molecule has 2 aromatic carbocycles. The van der Waals surface area contributed by atoms with Crippen molar-refractivity contribution >= 4 is 33.2 Å².